The fourth-order valence-corrected chi connectivity index (χ4v) is 3.97. The Labute approximate surface area is 177 Å². The topological polar surface area (TPSA) is 86.4 Å². The fourth-order valence-electron chi connectivity index (χ4n) is 3.97. The molecular weight excluding hydrogens is 403 g/mol. The molecule has 1 amide bonds. The third-order valence-corrected chi connectivity index (χ3v) is 5.78. The molecule has 0 aliphatic carbocycles. The van der Waals surface area contributed by atoms with Gasteiger partial charge in [-0.15, -0.1) is 0 Å². The van der Waals surface area contributed by atoms with Gasteiger partial charge in [0.15, 0.2) is 0 Å². The van der Waals surface area contributed by atoms with E-state index in [1.165, 1.54) is 48.5 Å². The van der Waals surface area contributed by atoms with Gasteiger partial charge in [-0.25, -0.2) is 9.37 Å². The Kier molecular flexibility index (Phi) is 5.58. The molecule has 1 aliphatic rings. The van der Waals surface area contributed by atoms with Crippen LogP contribution < -0.4 is 15.9 Å². The highest BCUT2D eigenvalue weighted by Gasteiger charge is 2.26. The first-order valence-corrected chi connectivity index (χ1v) is 10.1. The van der Waals surface area contributed by atoms with Crippen LogP contribution in [0.3, 0.4) is 0 Å². The molecule has 0 N–H and O–H groups in total. The maximum absolute atomic E-state index is 13.3. The number of aryl methyl sites for hydroxylation is 1. The van der Waals surface area contributed by atoms with Gasteiger partial charge in [-0.3, -0.25) is 19.0 Å². The summed E-state index contributed by atoms with van der Waals surface area (Å²) in [6, 6.07) is 5.27. The van der Waals surface area contributed by atoms with Crippen molar-refractivity contribution >= 4 is 16.8 Å². The van der Waals surface area contributed by atoms with Crippen LogP contribution in [-0.2, 0) is 13.6 Å². The van der Waals surface area contributed by atoms with Crippen LogP contribution in [-0.4, -0.2) is 45.1 Å². The van der Waals surface area contributed by atoms with Crippen molar-refractivity contribution in [3.05, 3.63) is 68.9 Å². The van der Waals surface area contributed by atoms with Gasteiger partial charge in [0.05, 0.1) is 29.9 Å². The molecule has 4 rings (SSSR count). The molecule has 0 spiro atoms. The van der Waals surface area contributed by atoms with Gasteiger partial charge in [0, 0.05) is 45.0 Å². The highest BCUT2D eigenvalue weighted by molar-refractivity contribution is 5.96. The Morgan fingerprint density at radius 2 is 1.97 bits per heavy atom. The van der Waals surface area contributed by atoms with Crippen molar-refractivity contribution < 1.29 is 13.9 Å². The lowest BCUT2D eigenvalue weighted by Gasteiger charge is -2.32. The monoisotopic (exact) mass is 426 g/mol. The average molecular weight is 426 g/mol. The van der Waals surface area contributed by atoms with Gasteiger partial charge in [0.2, 0.25) is 0 Å². The maximum Gasteiger partial charge on any atom is 0.261 e. The number of hydrogen-bond donors (Lipinski definition) is 0. The first-order chi connectivity index (χ1) is 14.9. The number of rotatable bonds is 4. The summed E-state index contributed by atoms with van der Waals surface area (Å²) in [5.41, 5.74) is 0.251. The van der Waals surface area contributed by atoms with Gasteiger partial charge in [-0.1, -0.05) is 0 Å². The molecule has 1 aliphatic heterocycles. The number of ether oxygens (including phenoxy) is 1. The van der Waals surface area contributed by atoms with E-state index in [-0.39, 0.29) is 28.7 Å². The number of amides is 1. The number of carbonyl (C=O) groups is 1. The zero-order valence-electron chi connectivity index (χ0n) is 17.4. The molecule has 9 heteroatoms. The smallest absolute Gasteiger partial charge is 0.261 e. The Morgan fingerprint density at radius 3 is 2.68 bits per heavy atom. The van der Waals surface area contributed by atoms with Crippen LogP contribution in [0.2, 0.25) is 0 Å². The highest BCUT2D eigenvalue weighted by Crippen LogP contribution is 2.23. The zero-order valence-corrected chi connectivity index (χ0v) is 17.4. The molecule has 2 aromatic heterocycles. The second kappa shape index (κ2) is 8.33. The van der Waals surface area contributed by atoms with Crippen molar-refractivity contribution in [2.45, 2.75) is 19.4 Å². The Bertz CT molecular complexity index is 1260. The Hall–Kier alpha value is -3.49. The lowest BCUT2D eigenvalue weighted by atomic mass is 9.96. The summed E-state index contributed by atoms with van der Waals surface area (Å²) in [4.78, 5) is 43.4. The highest BCUT2D eigenvalue weighted by atomic mass is 19.1. The quantitative estimate of drug-likeness (QED) is 0.635. The third kappa shape index (κ3) is 4.08. The van der Waals surface area contributed by atoms with E-state index in [0.717, 1.165) is 12.8 Å². The molecule has 0 atom stereocenters. The SMILES string of the molecule is COc1cc(=O)n(C)cc1C(=O)N1CCC(Cn2cnc3cc(F)ccc3c2=O)CC1. The lowest BCUT2D eigenvalue weighted by Crippen LogP contribution is -2.40. The second-order valence-corrected chi connectivity index (χ2v) is 7.80. The van der Waals surface area contributed by atoms with Crippen molar-refractivity contribution in [3.63, 3.8) is 0 Å². The largest absolute Gasteiger partial charge is 0.496 e. The molecule has 31 heavy (non-hydrogen) atoms. The van der Waals surface area contributed by atoms with Gasteiger partial charge in [0.25, 0.3) is 17.0 Å². The minimum absolute atomic E-state index is 0.183. The van der Waals surface area contributed by atoms with Crippen molar-refractivity contribution in [2.75, 3.05) is 20.2 Å². The summed E-state index contributed by atoms with van der Waals surface area (Å²) in [7, 11) is 3.02. The minimum Gasteiger partial charge on any atom is -0.496 e. The van der Waals surface area contributed by atoms with E-state index in [9.17, 15) is 18.8 Å². The van der Waals surface area contributed by atoms with Crippen molar-refractivity contribution in [3.8, 4) is 5.75 Å². The van der Waals surface area contributed by atoms with Crippen molar-refractivity contribution in [1.29, 1.82) is 0 Å². The third-order valence-electron chi connectivity index (χ3n) is 5.78. The number of methoxy groups -OCH3 is 1. The van der Waals surface area contributed by atoms with Crippen LogP contribution in [0, 0.1) is 11.7 Å². The van der Waals surface area contributed by atoms with Crippen LogP contribution >= 0.6 is 0 Å². The maximum atomic E-state index is 13.3. The number of piperidine rings is 1. The first kappa shape index (κ1) is 20.8. The summed E-state index contributed by atoms with van der Waals surface area (Å²) in [6.45, 7) is 1.57. The standard InChI is InChI=1S/C22H23FN4O4/c1-25-12-17(19(31-2)10-20(25)28)22(30)26-7-5-14(6-8-26)11-27-13-24-18-9-15(23)3-4-16(18)21(27)29/h3-4,9-10,12-14H,5-8,11H2,1-2H3. The number of pyridine rings is 1. The number of aromatic nitrogens is 3. The number of benzene rings is 1. The van der Waals surface area contributed by atoms with E-state index in [2.05, 4.69) is 4.98 Å². The molecule has 1 saturated heterocycles. The molecule has 3 aromatic rings. The van der Waals surface area contributed by atoms with Gasteiger partial charge < -0.3 is 14.2 Å². The summed E-state index contributed by atoms with van der Waals surface area (Å²) in [5, 5.41) is 0.387. The Morgan fingerprint density at radius 1 is 1.23 bits per heavy atom. The Balaban J connectivity index is 1.45. The average Bonchev–Trinajstić information content (AvgIpc) is 2.77. The van der Waals surface area contributed by atoms with Crippen LogP contribution in [0.1, 0.15) is 23.2 Å². The molecule has 0 radical (unpaired) electrons. The molecule has 0 saturated carbocycles. The molecule has 3 heterocycles. The fraction of sp³-hybridized carbons (Fsp3) is 0.364. The van der Waals surface area contributed by atoms with Gasteiger partial charge in [-0.05, 0) is 30.9 Å². The van der Waals surface area contributed by atoms with Gasteiger partial charge in [0.1, 0.15) is 11.6 Å². The normalized spacial score (nSPS) is 14.7. The molecule has 1 fully saturated rings. The van der Waals surface area contributed by atoms with Crippen LogP contribution in [0.15, 0.2) is 46.4 Å². The van der Waals surface area contributed by atoms with Gasteiger partial charge in [-0.2, -0.15) is 0 Å². The van der Waals surface area contributed by atoms with Gasteiger partial charge >= 0.3 is 0 Å². The number of nitrogens with zero attached hydrogens (tertiary/aromatic N) is 4. The number of hydrogen-bond acceptors (Lipinski definition) is 5. The van der Waals surface area contributed by atoms with Crippen LogP contribution in [0.25, 0.3) is 10.9 Å². The second-order valence-electron chi connectivity index (χ2n) is 7.80. The van der Waals surface area contributed by atoms with Crippen molar-refractivity contribution in [2.24, 2.45) is 13.0 Å². The van der Waals surface area contributed by atoms with E-state index in [0.29, 0.717) is 36.1 Å². The number of likely N-dealkylation sites (tertiary alicyclic amines) is 1. The number of carbonyl (C=O) groups excluding carboxylic acids is 1. The number of halogens is 1. The summed E-state index contributed by atoms with van der Waals surface area (Å²) < 4.78 is 21.5. The van der Waals surface area contributed by atoms with E-state index >= 15 is 0 Å². The predicted molar refractivity (Wildman–Crippen MR) is 113 cm³/mol. The number of fused-ring (bicyclic) bond motifs is 1. The first-order valence-electron chi connectivity index (χ1n) is 10.1. The van der Waals surface area contributed by atoms with Crippen molar-refractivity contribution in [1.82, 2.24) is 19.0 Å². The molecular formula is C22H23FN4O4. The molecule has 8 nitrogen and oxygen atoms in total. The molecule has 1 aromatic carbocycles. The van der Waals surface area contributed by atoms with Crippen LogP contribution in [0.4, 0.5) is 4.39 Å². The van der Waals surface area contributed by atoms with E-state index in [1.807, 2.05) is 0 Å². The zero-order chi connectivity index (χ0) is 22.1. The van der Waals surface area contributed by atoms with E-state index in [1.54, 1.807) is 16.5 Å². The molecule has 0 unspecified atom stereocenters. The summed E-state index contributed by atoms with van der Waals surface area (Å²) in [5.74, 6) is -0.134. The van der Waals surface area contributed by atoms with Crippen LogP contribution in [0.5, 0.6) is 5.75 Å². The molecule has 0 bridgehead atoms. The summed E-state index contributed by atoms with van der Waals surface area (Å²) >= 11 is 0. The summed E-state index contributed by atoms with van der Waals surface area (Å²) in [6.07, 6.45) is 4.41. The molecule has 162 valence electrons. The minimum atomic E-state index is -0.427. The van der Waals surface area contributed by atoms with E-state index in [4.69, 9.17) is 4.74 Å². The predicted octanol–water partition coefficient (Wildman–Crippen LogP) is 1.80. The lowest BCUT2D eigenvalue weighted by molar-refractivity contribution is 0.0678. The van der Waals surface area contributed by atoms with E-state index < -0.39 is 5.82 Å².